The summed E-state index contributed by atoms with van der Waals surface area (Å²) >= 11 is 6.07. The van der Waals surface area contributed by atoms with E-state index in [9.17, 15) is 14.4 Å². The largest absolute Gasteiger partial charge is 0.454 e. The zero-order valence-electron chi connectivity index (χ0n) is 19.4. The molecule has 182 valence electrons. The lowest BCUT2D eigenvalue weighted by atomic mass is 9.96. The van der Waals surface area contributed by atoms with Gasteiger partial charge in [-0.2, -0.15) is 0 Å². The summed E-state index contributed by atoms with van der Waals surface area (Å²) in [4.78, 5) is 39.3. The van der Waals surface area contributed by atoms with Crippen LogP contribution in [0.2, 0.25) is 5.02 Å². The second kappa shape index (κ2) is 9.39. The number of esters is 1. The Morgan fingerprint density at radius 2 is 1.69 bits per heavy atom. The molecule has 1 aliphatic rings. The van der Waals surface area contributed by atoms with Gasteiger partial charge in [-0.15, -0.1) is 0 Å². The van der Waals surface area contributed by atoms with E-state index in [1.165, 1.54) is 18.5 Å². The second-order valence-electron chi connectivity index (χ2n) is 8.25. The molecule has 0 saturated carbocycles. The number of aromatic nitrogens is 1. The van der Waals surface area contributed by atoms with Crippen LogP contribution in [0.1, 0.15) is 17.4 Å². The quantitative estimate of drug-likeness (QED) is 0.393. The molecule has 1 aliphatic heterocycles. The van der Waals surface area contributed by atoms with E-state index in [0.29, 0.717) is 44.1 Å². The van der Waals surface area contributed by atoms with E-state index < -0.39 is 18.0 Å². The third kappa shape index (κ3) is 4.27. The van der Waals surface area contributed by atoms with Gasteiger partial charge in [0.2, 0.25) is 6.79 Å². The molecule has 36 heavy (non-hydrogen) atoms. The number of nitrogens with zero attached hydrogens (tertiary/aromatic N) is 1. The Morgan fingerprint density at radius 3 is 2.44 bits per heavy atom. The zero-order valence-corrected chi connectivity index (χ0v) is 20.2. The van der Waals surface area contributed by atoms with Gasteiger partial charge in [0.15, 0.2) is 17.6 Å². The summed E-state index contributed by atoms with van der Waals surface area (Å²) in [6.07, 6.45) is -1.15. The molecule has 1 N–H and O–H groups in total. The highest BCUT2D eigenvalue weighted by molar-refractivity contribution is 6.30. The summed E-state index contributed by atoms with van der Waals surface area (Å²) in [6, 6.07) is 18.9. The predicted molar refractivity (Wildman–Crippen MR) is 136 cm³/mol. The molecule has 0 saturated heterocycles. The molecule has 1 atom stereocenters. The number of pyridine rings is 1. The maximum atomic E-state index is 13.4. The molecular weight excluding hydrogens is 484 g/mol. The number of nitrogens with one attached hydrogen (secondary N) is 1. The first-order valence-corrected chi connectivity index (χ1v) is 11.5. The van der Waals surface area contributed by atoms with Crippen LogP contribution in [0.25, 0.3) is 21.9 Å². The van der Waals surface area contributed by atoms with Gasteiger partial charge in [-0.05, 0) is 48.2 Å². The van der Waals surface area contributed by atoms with Crippen LogP contribution in [-0.4, -0.2) is 29.3 Å². The van der Waals surface area contributed by atoms with E-state index >= 15 is 0 Å². The monoisotopic (exact) mass is 504 g/mol. The van der Waals surface area contributed by atoms with Crippen LogP contribution in [0.5, 0.6) is 11.5 Å². The molecule has 0 bridgehead atoms. The van der Waals surface area contributed by atoms with Crippen molar-refractivity contribution in [1.29, 1.82) is 0 Å². The molecule has 0 fully saturated rings. The summed E-state index contributed by atoms with van der Waals surface area (Å²) < 4.78 is 17.4. The average molecular weight is 505 g/mol. The van der Waals surface area contributed by atoms with Crippen molar-refractivity contribution in [3.8, 4) is 22.6 Å². The van der Waals surface area contributed by atoms with Gasteiger partial charge in [0.1, 0.15) is 5.69 Å². The number of benzene rings is 3. The molecule has 4 aromatic rings. The van der Waals surface area contributed by atoms with Gasteiger partial charge in [0.05, 0.1) is 0 Å². The summed E-state index contributed by atoms with van der Waals surface area (Å²) in [5.74, 6) is -0.254. The highest BCUT2D eigenvalue weighted by Gasteiger charge is 2.27. The first-order valence-electron chi connectivity index (χ1n) is 11.1. The topological polar surface area (TPSA) is 95.9 Å². The lowest BCUT2D eigenvalue weighted by Crippen LogP contribution is -2.32. The van der Waals surface area contributed by atoms with Gasteiger partial charge in [0.25, 0.3) is 11.5 Å². The third-order valence-corrected chi connectivity index (χ3v) is 6.18. The molecule has 1 unspecified atom stereocenters. The molecule has 3 aromatic carbocycles. The van der Waals surface area contributed by atoms with Gasteiger partial charge < -0.3 is 24.1 Å². The maximum absolute atomic E-state index is 13.4. The minimum atomic E-state index is -1.15. The summed E-state index contributed by atoms with van der Waals surface area (Å²) in [5, 5.41) is 4.28. The van der Waals surface area contributed by atoms with E-state index in [2.05, 4.69) is 5.32 Å². The number of anilines is 1. The summed E-state index contributed by atoms with van der Waals surface area (Å²) in [7, 11) is 1.50. The molecule has 1 aromatic heterocycles. The fourth-order valence-corrected chi connectivity index (χ4v) is 4.23. The van der Waals surface area contributed by atoms with Gasteiger partial charge in [-0.25, -0.2) is 4.79 Å². The zero-order chi connectivity index (χ0) is 25.4. The lowest BCUT2D eigenvalue weighted by molar-refractivity contribution is -0.123. The smallest absolute Gasteiger partial charge is 0.356 e. The lowest BCUT2D eigenvalue weighted by Gasteiger charge is -2.19. The maximum Gasteiger partial charge on any atom is 0.356 e. The van der Waals surface area contributed by atoms with Gasteiger partial charge in [0, 0.05) is 34.8 Å². The van der Waals surface area contributed by atoms with Crippen LogP contribution >= 0.6 is 11.6 Å². The summed E-state index contributed by atoms with van der Waals surface area (Å²) in [6.45, 7) is 1.57. The minimum Gasteiger partial charge on any atom is -0.454 e. The molecule has 0 radical (unpaired) electrons. The fourth-order valence-electron chi connectivity index (χ4n) is 4.10. The Balaban J connectivity index is 1.48. The average Bonchev–Trinajstić information content (AvgIpc) is 3.34. The molecule has 9 heteroatoms. The number of fused-ring (bicyclic) bond motifs is 2. The van der Waals surface area contributed by atoms with Gasteiger partial charge in [-0.3, -0.25) is 9.59 Å². The molecular formula is C27H21ClN2O6. The van der Waals surface area contributed by atoms with Crippen molar-refractivity contribution in [2.75, 3.05) is 12.1 Å². The molecule has 8 nitrogen and oxygen atoms in total. The highest BCUT2D eigenvalue weighted by Crippen LogP contribution is 2.35. The van der Waals surface area contributed by atoms with Crippen molar-refractivity contribution in [2.24, 2.45) is 7.05 Å². The predicted octanol–water partition coefficient (Wildman–Crippen LogP) is 4.77. The van der Waals surface area contributed by atoms with Crippen LogP contribution < -0.4 is 20.3 Å². The van der Waals surface area contributed by atoms with E-state index in [-0.39, 0.29) is 18.0 Å². The Morgan fingerprint density at radius 1 is 1.00 bits per heavy atom. The van der Waals surface area contributed by atoms with Crippen LogP contribution in [-0.2, 0) is 16.6 Å². The van der Waals surface area contributed by atoms with Crippen LogP contribution in [0, 0.1) is 0 Å². The third-order valence-electron chi connectivity index (χ3n) is 5.92. The SMILES string of the molecule is CC(OC(=O)c1c(-c2ccc(Cl)cc2)c2ccccc2c(=O)n1C)C(=O)Nc1ccc2c(c1)OCO2. The summed E-state index contributed by atoms with van der Waals surface area (Å²) in [5.41, 5.74) is 1.33. The number of hydrogen-bond acceptors (Lipinski definition) is 6. The Bertz CT molecular complexity index is 1560. The van der Waals surface area contributed by atoms with Crippen LogP contribution in [0.3, 0.4) is 0 Å². The number of carbonyl (C=O) groups is 2. The van der Waals surface area contributed by atoms with Crippen molar-refractivity contribution in [1.82, 2.24) is 4.57 Å². The van der Waals surface area contributed by atoms with E-state index in [0.717, 1.165) is 0 Å². The normalized spacial score (nSPS) is 12.9. The van der Waals surface area contributed by atoms with E-state index in [4.69, 9.17) is 25.8 Å². The van der Waals surface area contributed by atoms with Gasteiger partial charge in [-0.1, -0.05) is 41.9 Å². The number of rotatable bonds is 5. The highest BCUT2D eigenvalue weighted by atomic mass is 35.5. The second-order valence-corrected chi connectivity index (χ2v) is 8.68. The molecule has 0 aliphatic carbocycles. The number of hydrogen-bond donors (Lipinski definition) is 1. The van der Waals surface area contributed by atoms with Crippen molar-refractivity contribution >= 4 is 39.9 Å². The van der Waals surface area contributed by atoms with Crippen molar-refractivity contribution < 1.29 is 23.8 Å². The molecule has 2 heterocycles. The number of amides is 1. The Kier molecular flexibility index (Phi) is 6.12. The molecule has 1 amide bonds. The fraction of sp³-hybridized carbons (Fsp3) is 0.148. The first-order chi connectivity index (χ1) is 17.3. The van der Waals surface area contributed by atoms with Crippen molar-refractivity contribution in [2.45, 2.75) is 13.0 Å². The van der Waals surface area contributed by atoms with E-state index in [1.807, 2.05) is 0 Å². The minimum absolute atomic E-state index is 0.0313. The van der Waals surface area contributed by atoms with Crippen LogP contribution in [0.4, 0.5) is 5.69 Å². The van der Waals surface area contributed by atoms with Crippen molar-refractivity contribution in [3.63, 3.8) is 0 Å². The first kappa shape index (κ1) is 23.4. The number of carbonyl (C=O) groups excluding carboxylic acids is 2. The van der Waals surface area contributed by atoms with Gasteiger partial charge >= 0.3 is 5.97 Å². The molecule has 5 rings (SSSR count). The Labute approximate surface area is 211 Å². The van der Waals surface area contributed by atoms with Crippen molar-refractivity contribution in [3.05, 3.63) is 87.8 Å². The van der Waals surface area contributed by atoms with E-state index in [1.54, 1.807) is 66.7 Å². The number of ether oxygens (including phenoxy) is 3. The van der Waals surface area contributed by atoms with Crippen LogP contribution in [0.15, 0.2) is 71.5 Å². The Hall–Kier alpha value is -4.30. The standard InChI is InChI=1S/C27H21ClN2O6/c1-15(25(31)29-18-11-12-21-22(13-18)35-14-34-21)36-27(33)24-23(16-7-9-17(28)10-8-16)19-5-3-4-6-20(19)26(32)30(24)2/h3-13,15H,14H2,1-2H3,(H,29,31). The number of halogens is 1. The molecule has 0 spiro atoms.